The largest absolute Gasteiger partial charge is 0.465 e. The summed E-state index contributed by atoms with van der Waals surface area (Å²) in [5.74, 6) is -1.20. The number of esters is 1. The van der Waals surface area contributed by atoms with E-state index in [0.717, 1.165) is 5.69 Å². The predicted molar refractivity (Wildman–Crippen MR) is 60.7 cm³/mol. The average Bonchev–Trinajstić information content (AvgIpc) is 2.56. The molecule has 2 rings (SSSR count). The van der Waals surface area contributed by atoms with Crippen molar-refractivity contribution in [2.75, 3.05) is 6.61 Å². The van der Waals surface area contributed by atoms with Crippen LogP contribution in [-0.4, -0.2) is 28.1 Å². The quantitative estimate of drug-likeness (QED) is 0.568. The van der Waals surface area contributed by atoms with Crippen molar-refractivity contribution in [1.82, 2.24) is 9.78 Å². The summed E-state index contributed by atoms with van der Waals surface area (Å²) in [5, 5.41) is 4.23. The molecule has 0 spiro atoms. The number of hydrogen-bond acceptors (Lipinski definition) is 4. The maximum absolute atomic E-state index is 12.2. The number of carbonyl (C=O) groups excluding carboxylic acids is 2. The first-order valence-electron chi connectivity index (χ1n) is 5.79. The minimum absolute atomic E-state index is 0.143. The number of aromatic nitrogens is 2. The van der Waals surface area contributed by atoms with Gasteiger partial charge in [-0.15, -0.1) is 0 Å². The van der Waals surface area contributed by atoms with E-state index in [0.29, 0.717) is 30.7 Å². The molecule has 1 aliphatic rings. The number of ether oxygens (including phenoxy) is 1. The van der Waals surface area contributed by atoms with Crippen LogP contribution in [0, 0.1) is 12.8 Å². The second kappa shape index (κ2) is 4.31. The fourth-order valence-corrected chi connectivity index (χ4v) is 2.37. The Labute approximate surface area is 99.8 Å². The fraction of sp³-hybridized carbons (Fsp3) is 0.583. The van der Waals surface area contributed by atoms with E-state index in [1.54, 1.807) is 18.5 Å². The Hall–Kier alpha value is -1.65. The minimum atomic E-state index is -0.648. The first kappa shape index (κ1) is 11.8. The van der Waals surface area contributed by atoms with Crippen molar-refractivity contribution >= 4 is 11.8 Å². The predicted octanol–water partition coefficient (Wildman–Crippen LogP) is 1.04. The lowest BCUT2D eigenvalue weighted by molar-refractivity contribution is -0.146. The third-order valence-electron chi connectivity index (χ3n) is 3.14. The summed E-state index contributed by atoms with van der Waals surface area (Å²) < 4.78 is 6.65. The molecule has 1 unspecified atom stereocenters. The molecule has 0 bridgehead atoms. The lowest BCUT2D eigenvalue weighted by Crippen LogP contribution is -2.31. The summed E-state index contributed by atoms with van der Waals surface area (Å²) in [7, 11) is 1.82. The average molecular weight is 236 g/mol. The van der Waals surface area contributed by atoms with Crippen LogP contribution in [0.4, 0.5) is 0 Å². The van der Waals surface area contributed by atoms with Crippen molar-refractivity contribution in [3.8, 4) is 0 Å². The fourth-order valence-electron chi connectivity index (χ4n) is 2.37. The Morgan fingerprint density at radius 2 is 2.29 bits per heavy atom. The lowest BCUT2D eigenvalue weighted by Gasteiger charge is -2.20. The Bertz CT molecular complexity index is 476. The summed E-state index contributed by atoms with van der Waals surface area (Å²) in [6.07, 6.45) is 1.21. The van der Waals surface area contributed by atoms with Gasteiger partial charge in [0, 0.05) is 12.7 Å². The second-order valence-corrected chi connectivity index (χ2v) is 4.24. The molecule has 17 heavy (non-hydrogen) atoms. The zero-order chi connectivity index (χ0) is 12.6. The first-order chi connectivity index (χ1) is 8.06. The van der Waals surface area contributed by atoms with Crippen molar-refractivity contribution in [2.24, 2.45) is 13.0 Å². The van der Waals surface area contributed by atoms with Gasteiger partial charge in [-0.25, -0.2) is 0 Å². The van der Waals surface area contributed by atoms with Gasteiger partial charge in [0.05, 0.1) is 17.9 Å². The molecule has 0 aromatic carbocycles. The van der Waals surface area contributed by atoms with Crippen molar-refractivity contribution in [3.63, 3.8) is 0 Å². The van der Waals surface area contributed by atoms with Crippen LogP contribution in [0.1, 0.15) is 35.1 Å². The Balaban J connectivity index is 2.33. The number of nitrogens with zero attached hydrogens (tertiary/aromatic N) is 2. The highest BCUT2D eigenvalue weighted by molar-refractivity contribution is 6.10. The summed E-state index contributed by atoms with van der Waals surface area (Å²) in [5.41, 5.74) is 2.23. The van der Waals surface area contributed by atoms with Gasteiger partial charge in [0.25, 0.3) is 0 Å². The normalized spacial score (nSPS) is 19.0. The minimum Gasteiger partial charge on any atom is -0.465 e. The van der Waals surface area contributed by atoms with Crippen LogP contribution < -0.4 is 0 Å². The van der Waals surface area contributed by atoms with Gasteiger partial charge < -0.3 is 4.74 Å². The maximum atomic E-state index is 12.2. The van der Waals surface area contributed by atoms with Crippen LogP contribution in [0.2, 0.25) is 0 Å². The zero-order valence-electron chi connectivity index (χ0n) is 10.3. The molecule has 1 aromatic heterocycles. The van der Waals surface area contributed by atoms with E-state index in [4.69, 9.17) is 4.74 Å². The van der Waals surface area contributed by atoms with Gasteiger partial charge in [0.15, 0.2) is 5.78 Å². The number of carbonyl (C=O) groups is 2. The highest BCUT2D eigenvalue weighted by Gasteiger charge is 2.37. The van der Waals surface area contributed by atoms with Crippen molar-refractivity contribution in [2.45, 2.75) is 26.7 Å². The van der Waals surface area contributed by atoms with Crippen molar-refractivity contribution in [1.29, 1.82) is 0 Å². The van der Waals surface area contributed by atoms with E-state index < -0.39 is 11.9 Å². The van der Waals surface area contributed by atoms with Crippen LogP contribution in [0.15, 0.2) is 0 Å². The number of ketones is 1. The molecule has 0 radical (unpaired) electrons. The Kier molecular flexibility index (Phi) is 3.00. The molecule has 0 saturated heterocycles. The highest BCUT2D eigenvalue weighted by Crippen LogP contribution is 2.28. The second-order valence-electron chi connectivity index (χ2n) is 4.24. The molecule has 1 aromatic rings. The van der Waals surface area contributed by atoms with Gasteiger partial charge in [-0.1, -0.05) is 0 Å². The molecule has 1 aliphatic carbocycles. The third kappa shape index (κ3) is 1.85. The molecule has 1 atom stereocenters. The molecule has 0 fully saturated rings. The molecular formula is C12H16N2O3. The van der Waals surface area contributed by atoms with E-state index in [2.05, 4.69) is 5.10 Å². The summed E-state index contributed by atoms with van der Waals surface area (Å²) in [4.78, 5) is 23.9. The molecular weight excluding hydrogens is 220 g/mol. The summed E-state index contributed by atoms with van der Waals surface area (Å²) in [6, 6.07) is 0. The number of rotatable bonds is 2. The van der Waals surface area contributed by atoms with E-state index in [1.807, 2.05) is 7.05 Å². The van der Waals surface area contributed by atoms with E-state index in [-0.39, 0.29) is 5.78 Å². The summed E-state index contributed by atoms with van der Waals surface area (Å²) in [6.45, 7) is 3.84. The van der Waals surface area contributed by atoms with E-state index in [9.17, 15) is 9.59 Å². The molecule has 1 heterocycles. The van der Waals surface area contributed by atoms with Gasteiger partial charge in [0.2, 0.25) is 0 Å². The van der Waals surface area contributed by atoms with E-state index >= 15 is 0 Å². The van der Waals surface area contributed by atoms with Crippen LogP contribution >= 0.6 is 0 Å². The number of fused-ring (bicyclic) bond motifs is 1. The Morgan fingerprint density at radius 3 is 2.94 bits per heavy atom. The van der Waals surface area contributed by atoms with Gasteiger partial charge >= 0.3 is 5.97 Å². The number of Topliss-reactive ketones (excluding diaryl/α,β-unsaturated/α-hetero) is 1. The maximum Gasteiger partial charge on any atom is 0.316 e. The van der Waals surface area contributed by atoms with E-state index in [1.165, 1.54) is 0 Å². The van der Waals surface area contributed by atoms with Gasteiger partial charge in [0.1, 0.15) is 5.92 Å². The monoisotopic (exact) mass is 236 g/mol. The third-order valence-corrected chi connectivity index (χ3v) is 3.14. The zero-order valence-corrected chi connectivity index (χ0v) is 10.3. The molecule has 0 aliphatic heterocycles. The van der Waals surface area contributed by atoms with Gasteiger partial charge in [-0.05, 0) is 26.7 Å². The van der Waals surface area contributed by atoms with Crippen LogP contribution in [0.25, 0.3) is 0 Å². The summed E-state index contributed by atoms with van der Waals surface area (Å²) >= 11 is 0. The molecule has 5 nitrogen and oxygen atoms in total. The smallest absolute Gasteiger partial charge is 0.316 e. The molecule has 0 saturated carbocycles. The molecule has 0 amide bonds. The molecule has 92 valence electrons. The van der Waals surface area contributed by atoms with Crippen molar-refractivity contribution < 1.29 is 14.3 Å². The van der Waals surface area contributed by atoms with Gasteiger partial charge in [-0.3, -0.25) is 14.3 Å². The standard InChI is InChI=1S/C12H16N2O3/c1-4-17-12(16)8-5-6-9-10(11(8)15)7(2)13-14(9)3/h8H,4-6H2,1-3H3. The topological polar surface area (TPSA) is 61.2 Å². The molecule has 0 N–H and O–H groups in total. The number of aryl methyl sites for hydroxylation is 2. The van der Waals surface area contributed by atoms with Crippen LogP contribution in [-0.2, 0) is 23.0 Å². The highest BCUT2D eigenvalue weighted by atomic mass is 16.5. The van der Waals surface area contributed by atoms with Gasteiger partial charge in [-0.2, -0.15) is 5.10 Å². The van der Waals surface area contributed by atoms with Crippen LogP contribution in [0.3, 0.4) is 0 Å². The first-order valence-corrected chi connectivity index (χ1v) is 5.79. The SMILES string of the molecule is CCOC(=O)C1CCc2c(c(C)nn2C)C1=O. The lowest BCUT2D eigenvalue weighted by atomic mass is 9.85. The van der Waals surface area contributed by atoms with Crippen LogP contribution in [0.5, 0.6) is 0 Å². The Morgan fingerprint density at radius 1 is 1.59 bits per heavy atom. The van der Waals surface area contributed by atoms with Crippen molar-refractivity contribution in [3.05, 3.63) is 17.0 Å². The number of hydrogen-bond donors (Lipinski definition) is 0. The molecule has 5 heteroatoms.